The Bertz CT molecular complexity index is 1360. The van der Waals surface area contributed by atoms with Crippen molar-refractivity contribution in [3.8, 4) is 0 Å². The molecule has 1 fully saturated rings. The maximum Gasteiger partial charge on any atom is 0.314 e. The number of fused-ring (bicyclic) bond motifs is 1. The highest BCUT2D eigenvalue weighted by molar-refractivity contribution is 5.91. The first-order valence-corrected chi connectivity index (χ1v) is 14.3. The lowest BCUT2D eigenvalue weighted by Crippen LogP contribution is -2.50. The van der Waals surface area contributed by atoms with Gasteiger partial charge in [-0.25, -0.2) is 4.79 Å². The van der Waals surface area contributed by atoms with Gasteiger partial charge in [0.25, 0.3) is 0 Å². The zero-order chi connectivity index (χ0) is 29.6. The van der Waals surface area contributed by atoms with Crippen molar-refractivity contribution < 1.29 is 9.59 Å². The van der Waals surface area contributed by atoms with Crippen molar-refractivity contribution >= 4 is 34.2 Å². The van der Waals surface area contributed by atoms with Crippen molar-refractivity contribution in [2.45, 2.75) is 33.2 Å². The molecule has 0 spiro atoms. The van der Waals surface area contributed by atoms with Gasteiger partial charge in [0.1, 0.15) is 0 Å². The van der Waals surface area contributed by atoms with E-state index in [0.717, 1.165) is 37.3 Å². The number of carbonyl (C=O) groups excluding carboxylic acids is 2. The van der Waals surface area contributed by atoms with Crippen LogP contribution in [0.2, 0.25) is 0 Å². The van der Waals surface area contributed by atoms with Gasteiger partial charge >= 0.3 is 6.03 Å². The zero-order valence-corrected chi connectivity index (χ0v) is 24.8. The molecule has 3 amide bonds. The van der Waals surface area contributed by atoms with E-state index in [0.29, 0.717) is 19.5 Å². The highest BCUT2D eigenvalue weighted by Crippen LogP contribution is 2.20. The number of aryl methyl sites for hydroxylation is 1. The van der Waals surface area contributed by atoms with Gasteiger partial charge < -0.3 is 30.7 Å². The molecular weight excluding hydrogens is 512 g/mol. The third kappa shape index (κ3) is 9.69. The minimum Gasteiger partial charge on any atom is -0.368 e. The second-order valence-electron chi connectivity index (χ2n) is 9.99. The number of nitrogens with two attached hydrogens (primary N) is 1. The number of amides is 3. The second kappa shape index (κ2) is 16.1. The monoisotopic (exact) mass is 556 g/mol. The molecule has 0 bridgehead atoms. The van der Waals surface area contributed by atoms with E-state index < -0.39 is 0 Å². The van der Waals surface area contributed by atoms with Gasteiger partial charge in [-0.3, -0.25) is 4.79 Å². The van der Waals surface area contributed by atoms with Crippen LogP contribution in [-0.2, 0) is 17.8 Å². The number of para-hydroxylation sites is 2. The predicted octanol–water partition coefficient (Wildman–Crippen LogP) is 5.71. The lowest BCUT2D eigenvalue weighted by atomic mass is 10.1. The highest BCUT2D eigenvalue weighted by atomic mass is 16.2. The average Bonchev–Trinajstić information content (AvgIpc) is 3.41. The summed E-state index contributed by atoms with van der Waals surface area (Å²) in [6.07, 6.45) is 3.20. The molecule has 1 saturated heterocycles. The molecule has 0 unspecified atom stereocenters. The third-order valence-corrected chi connectivity index (χ3v) is 6.72. The fraction of sp³-hybridized carbons (Fsp3) is 0.333. The van der Waals surface area contributed by atoms with Crippen LogP contribution in [0.1, 0.15) is 31.4 Å². The molecule has 1 aliphatic rings. The molecule has 4 N–H and O–H groups in total. The normalized spacial score (nSPS) is 12.7. The molecule has 0 atom stereocenters. The molecule has 218 valence electrons. The first kappa shape index (κ1) is 31.2. The first-order valence-electron chi connectivity index (χ1n) is 14.3. The Labute approximate surface area is 244 Å². The molecule has 8 heteroatoms. The number of H-pyrrole nitrogens is 1. The minimum absolute atomic E-state index is 0.0438. The zero-order valence-electron chi connectivity index (χ0n) is 24.8. The summed E-state index contributed by atoms with van der Waals surface area (Å²) in [5, 5.41) is 4.19. The number of rotatable bonds is 7. The summed E-state index contributed by atoms with van der Waals surface area (Å²) in [5.74, 6) is 0.0438. The standard InChI is InChI=1S/C20H23N3O.C11H15N3O.C2H6/c1-23(2)14-15-6-5-7-17(12-15)22-20(24)11-10-16-13-21-19-9-4-3-8-18(16)19;12-11(15)14-8-6-13(7-9-14)10-4-2-1-3-5-10;1-2/h3-9,12-13,21H,10-11,14H2,1-2H3,(H,22,24);1-5H,6-9H2,(H2,12,15);1-2H3. The number of urea groups is 1. The van der Waals surface area contributed by atoms with Crippen LogP contribution in [0.4, 0.5) is 16.2 Å². The molecule has 5 rings (SSSR count). The Kier molecular flexibility index (Phi) is 12.3. The summed E-state index contributed by atoms with van der Waals surface area (Å²) >= 11 is 0. The van der Waals surface area contributed by atoms with E-state index in [4.69, 9.17) is 5.73 Å². The molecule has 0 radical (unpaired) electrons. The largest absolute Gasteiger partial charge is 0.368 e. The fourth-order valence-corrected chi connectivity index (χ4v) is 4.75. The Hall–Kier alpha value is -4.30. The number of aromatic amines is 1. The van der Waals surface area contributed by atoms with Crippen molar-refractivity contribution in [1.82, 2.24) is 14.8 Å². The van der Waals surface area contributed by atoms with Crippen LogP contribution in [0.15, 0.2) is 85.1 Å². The molecule has 41 heavy (non-hydrogen) atoms. The van der Waals surface area contributed by atoms with E-state index in [2.05, 4.69) is 50.4 Å². The van der Waals surface area contributed by atoms with Crippen molar-refractivity contribution in [2.75, 3.05) is 50.5 Å². The highest BCUT2D eigenvalue weighted by Gasteiger charge is 2.18. The second-order valence-corrected chi connectivity index (χ2v) is 9.99. The van der Waals surface area contributed by atoms with Crippen LogP contribution in [0.25, 0.3) is 10.9 Å². The number of nitrogens with zero attached hydrogens (tertiary/aromatic N) is 3. The summed E-state index contributed by atoms with van der Waals surface area (Å²) in [5.41, 5.74) is 10.8. The topological polar surface area (TPSA) is 97.7 Å². The molecule has 1 aromatic heterocycles. The fourth-order valence-electron chi connectivity index (χ4n) is 4.75. The number of hydrogen-bond acceptors (Lipinski definition) is 4. The number of anilines is 2. The van der Waals surface area contributed by atoms with Crippen LogP contribution < -0.4 is 16.0 Å². The molecule has 4 aromatic rings. The van der Waals surface area contributed by atoms with E-state index in [1.807, 2.05) is 82.7 Å². The van der Waals surface area contributed by atoms with E-state index in [1.54, 1.807) is 4.90 Å². The molecule has 1 aliphatic heterocycles. The maximum absolute atomic E-state index is 12.2. The minimum atomic E-state index is -0.317. The number of aromatic nitrogens is 1. The molecule has 0 saturated carbocycles. The molecule has 2 heterocycles. The van der Waals surface area contributed by atoms with Crippen molar-refractivity contribution in [3.05, 3.63) is 96.2 Å². The summed E-state index contributed by atoms with van der Waals surface area (Å²) in [4.78, 5) is 32.5. The molecule has 8 nitrogen and oxygen atoms in total. The van der Waals surface area contributed by atoms with Crippen LogP contribution in [0.3, 0.4) is 0 Å². The smallest absolute Gasteiger partial charge is 0.314 e. The number of hydrogen-bond donors (Lipinski definition) is 3. The van der Waals surface area contributed by atoms with Crippen LogP contribution in [0, 0.1) is 0 Å². The van der Waals surface area contributed by atoms with Gasteiger partial charge in [0, 0.05) is 67.6 Å². The van der Waals surface area contributed by atoms with Gasteiger partial charge in [-0.1, -0.05) is 62.4 Å². The molecule has 3 aromatic carbocycles. The molecule has 0 aliphatic carbocycles. The van der Waals surface area contributed by atoms with E-state index in [1.165, 1.54) is 22.2 Å². The number of piperazine rings is 1. The van der Waals surface area contributed by atoms with E-state index in [-0.39, 0.29) is 11.9 Å². The summed E-state index contributed by atoms with van der Waals surface area (Å²) in [6, 6.07) is 26.1. The van der Waals surface area contributed by atoms with Gasteiger partial charge in [-0.15, -0.1) is 0 Å². The SMILES string of the molecule is CC.CN(C)Cc1cccc(NC(=O)CCc2c[nH]c3ccccc23)c1.NC(=O)N1CCN(c2ccccc2)CC1. The van der Waals surface area contributed by atoms with Crippen molar-refractivity contribution in [1.29, 1.82) is 0 Å². The average molecular weight is 557 g/mol. The van der Waals surface area contributed by atoms with Gasteiger partial charge in [-0.05, 0) is 62.0 Å². The van der Waals surface area contributed by atoms with Crippen LogP contribution >= 0.6 is 0 Å². The van der Waals surface area contributed by atoms with Crippen LogP contribution in [0.5, 0.6) is 0 Å². The van der Waals surface area contributed by atoms with E-state index in [9.17, 15) is 9.59 Å². The van der Waals surface area contributed by atoms with Gasteiger partial charge in [0.15, 0.2) is 0 Å². The van der Waals surface area contributed by atoms with Crippen LogP contribution in [-0.4, -0.2) is 67.0 Å². The van der Waals surface area contributed by atoms with Gasteiger partial charge in [0.2, 0.25) is 5.91 Å². The molecular formula is C33H44N6O2. The quantitative estimate of drug-likeness (QED) is 0.271. The first-order chi connectivity index (χ1) is 19.9. The van der Waals surface area contributed by atoms with Crippen molar-refractivity contribution in [2.24, 2.45) is 5.73 Å². The summed E-state index contributed by atoms with van der Waals surface area (Å²) in [6.45, 7) is 7.99. The number of nitrogens with one attached hydrogen (secondary N) is 2. The third-order valence-electron chi connectivity index (χ3n) is 6.72. The lowest BCUT2D eigenvalue weighted by Gasteiger charge is -2.35. The Morgan fingerprint density at radius 2 is 1.59 bits per heavy atom. The number of carbonyl (C=O) groups is 2. The number of primary amides is 1. The van der Waals surface area contributed by atoms with Crippen molar-refractivity contribution in [3.63, 3.8) is 0 Å². The Balaban J connectivity index is 0.000000233. The lowest BCUT2D eigenvalue weighted by molar-refractivity contribution is -0.116. The van der Waals surface area contributed by atoms with E-state index >= 15 is 0 Å². The Morgan fingerprint density at radius 1 is 0.902 bits per heavy atom. The van der Waals surface area contributed by atoms with Gasteiger partial charge in [-0.2, -0.15) is 0 Å². The Morgan fingerprint density at radius 3 is 2.27 bits per heavy atom. The summed E-state index contributed by atoms with van der Waals surface area (Å²) in [7, 11) is 4.07. The predicted molar refractivity (Wildman–Crippen MR) is 170 cm³/mol. The maximum atomic E-state index is 12.2. The number of benzene rings is 3. The summed E-state index contributed by atoms with van der Waals surface area (Å²) < 4.78 is 0. The van der Waals surface area contributed by atoms with Gasteiger partial charge in [0.05, 0.1) is 0 Å².